The summed E-state index contributed by atoms with van der Waals surface area (Å²) in [4.78, 5) is 12.2. The third-order valence-electron chi connectivity index (χ3n) is 3.04. The van der Waals surface area contributed by atoms with Crippen LogP contribution in [0.1, 0.15) is 18.9 Å². The van der Waals surface area contributed by atoms with Gasteiger partial charge in [0.1, 0.15) is 5.75 Å². The van der Waals surface area contributed by atoms with Gasteiger partial charge < -0.3 is 10.1 Å². The molecule has 110 valence electrons. The molecule has 0 bridgehead atoms. The van der Waals surface area contributed by atoms with Crippen LogP contribution in [0.2, 0.25) is 5.02 Å². The first kappa shape index (κ1) is 15.4. The second-order valence-electron chi connectivity index (χ2n) is 4.68. The summed E-state index contributed by atoms with van der Waals surface area (Å²) in [5.41, 5.74) is 0.963. The molecule has 0 saturated heterocycles. The Balaban J connectivity index is 1.91. The van der Waals surface area contributed by atoms with Gasteiger partial charge in [-0.1, -0.05) is 48.9 Å². The Labute approximate surface area is 129 Å². The molecule has 1 atom stereocenters. The normalized spacial score (nSPS) is 11.7. The quantitative estimate of drug-likeness (QED) is 0.881. The fourth-order valence-electron chi connectivity index (χ4n) is 1.94. The van der Waals surface area contributed by atoms with Crippen molar-refractivity contribution in [2.45, 2.75) is 26.0 Å². The fraction of sp³-hybridized carbons (Fsp3) is 0.235. The Bertz CT molecular complexity index is 586. The van der Waals surface area contributed by atoms with Gasteiger partial charge in [0.25, 0.3) is 5.91 Å². The Morgan fingerprint density at radius 1 is 1.19 bits per heavy atom. The molecule has 1 N–H and O–H groups in total. The van der Waals surface area contributed by atoms with Crippen LogP contribution in [0.3, 0.4) is 0 Å². The standard InChI is InChI=1S/C17H18ClNO2/c1-2-16(21-15-9-4-3-5-10-15)17(20)19-12-13-7-6-8-14(18)11-13/h3-11,16H,2,12H2,1H3,(H,19,20). The molecule has 1 unspecified atom stereocenters. The third kappa shape index (κ3) is 4.80. The van der Waals surface area contributed by atoms with E-state index in [9.17, 15) is 4.79 Å². The average Bonchev–Trinajstić information content (AvgIpc) is 2.51. The summed E-state index contributed by atoms with van der Waals surface area (Å²) in [5, 5.41) is 3.54. The molecule has 0 heterocycles. The van der Waals surface area contributed by atoms with E-state index in [0.717, 1.165) is 5.56 Å². The first-order chi connectivity index (χ1) is 10.2. The van der Waals surface area contributed by atoms with E-state index in [-0.39, 0.29) is 5.91 Å². The van der Waals surface area contributed by atoms with E-state index in [1.54, 1.807) is 6.07 Å². The molecule has 0 aliphatic heterocycles. The number of benzene rings is 2. The highest BCUT2D eigenvalue weighted by atomic mass is 35.5. The Kier molecular flexibility index (Phi) is 5.64. The zero-order valence-electron chi connectivity index (χ0n) is 11.9. The number of hydrogen-bond donors (Lipinski definition) is 1. The molecule has 21 heavy (non-hydrogen) atoms. The van der Waals surface area contributed by atoms with Crippen LogP contribution in [0.15, 0.2) is 54.6 Å². The number of carbonyl (C=O) groups is 1. The minimum atomic E-state index is -0.494. The van der Waals surface area contributed by atoms with E-state index in [1.807, 2.05) is 55.5 Å². The highest BCUT2D eigenvalue weighted by Gasteiger charge is 2.17. The van der Waals surface area contributed by atoms with Crippen LogP contribution in [0.5, 0.6) is 5.75 Å². The average molecular weight is 304 g/mol. The number of hydrogen-bond acceptors (Lipinski definition) is 2. The molecule has 1 amide bonds. The third-order valence-corrected chi connectivity index (χ3v) is 3.28. The summed E-state index contributed by atoms with van der Waals surface area (Å²) in [5.74, 6) is 0.573. The highest BCUT2D eigenvalue weighted by molar-refractivity contribution is 6.30. The predicted molar refractivity (Wildman–Crippen MR) is 84.4 cm³/mol. The van der Waals surface area contributed by atoms with E-state index >= 15 is 0 Å². The lowest BCUT2D eigenvalue weighted by Gasteiger charge is -2.17. The van der Waals surface area contributed by atoms with Crippen LogP contribution in [0.25, 0.3) is 0 Å². The SMILES string of the molecule is CCC(Oc1ccccc1)C(=O)NCc1cccc(Cl)c1. The molecule has 0 spiro atoms. The number of ether oxygens (including phenoxy) is 1. The zero-order chi connectivity index (χ0) is 15.1. The minimum absolute atomic E-state index is 0.124. The number of para-hydroxylation sites is 1. The van der Waals surface area contributed by atoms with Crippen molar-refractivity contribution < 1.29 is 9.53 Å². The predicted octanol–water partition coefficient (Wildman–Crippen LogP) is 3.81. The lowest BCUT2D eigenvalue weighted by Crippen LogP contribution is -2.37. The van der Waals surface area contributed by atoms with E-state index in [4.69, 9.17) is 16.3 Å². The maximum Gasteiger partial charge on any atom is 0.261 e. The molecule has 0 aliphatic rings. The van der Waals surface area contributed by atoms with Crippen molar-refractivity contribution in [2.24, 2.45) is 0 Å². The lowest BCUT2D eigenvalue weighted by atomic mass is 10.2. The number of rotatable bonds is 6. The molecule has 2 aromatic carbocycles. The molecule has 2 rings (SSSR count). The van der Waals surface area contributed by atoms with Crippen molar-refractivity contribution >= 4 is 17.5 Å². The molecule has 3 nitrogen and oxygen atoms in total. The Morgan fingerprint density at radius 2 is 1.95 bits per heavy atom. The summed E-state index contributed by atoms with van der Waals surface area (Å²) < 4.78 is 5.70. The molecule has 0 saturated carbocycles. The molecule has 0 aliphatic carbocycles. The number of carbonyl (C=O) groups excluding carboxylic acids is 1. The second-order valence-corrected chi connectivity index (χ2v) is 5.11. The van der Waals surface area contributed by atoms with Gasteiger partial charge in [0, 0.05) is 11.6 Å². The largest absolute Gasteiger partial charge is 0.481 e. The summed E-state index contributed by atoms with van der Waals surface area (Å²) in [6.07, 6.45) is 0.114. The van der Waals surface area contributed by atoms with Gasteiger partial charge >= 0.3 is 0 Å². The maximum atomic E-state index is 12.2. The first-order valence-electron chi connectivity index (χ1n) is 6.93. The first-order valence-corrected chi connectivity index (χ1v) is 7.30. The molecular formula is C17H18ClNO2. The van der Waals surface area contributed by atoms with Crippen molar-refractivity contribution in [3.8, 4) is 5.75 Å². The summed E-state index contributed by atoms with van der Waals surface area (Å²) in [6, 6.07) is 16.8. The van der Waals surface area contributed by atoms with Crippen molar-refractivity contribution in [3.05, 3.63) is 65.2 Å². The van der Waals surface area contributed by atoms with Crippen molar-refractivity contribution in [1.29, 1.82) is 0 Å². The maximum absolute atomic E-state index is 12.2. The summed E-state index contributed by atoms with van der Waals surface area (Å²) in [7, 11) is 0. The van der Waals surface area contributed by atoms with Gasteiger partial charge in [-0.2, -0.15) is 0 Å². The molecular weight excluding hydrogens is 286 g/mol. The summed E-state index contributed by atoms with van der Waals surface area (Å²) >= 11 is 5.92. The Hall–Kier alpha value is -2.00. The van der Waals surface area contributed by atoms with Gasteiger partial charge in [-0.15, -0.1) is 0 Å². The van der Waals surface area contributed by atoms with Crippen molar-refractivity contribution in [2.75, 3.05) is 0 Å². The smallest absolute Gasteiger partial charge is 0.261 e. The van der Waals surface area contributed by atoms with Crippen LogP contribution < -0.4 is 10.1 Å². The van der Waals surface area contributed by atoms with Crippen LogP contribution >= 0.6 is 11.6 Å². The fourth-order valence-corrected chi connectivity index (χ4v) is 2.15. The van der Waals surface area contributed by atoms with Gasteiger partial charge in [-0.05, 0) is 36.2 Å². The number of halogens is 1. The van der Waals surface area contributed by atoms with E-state index in [0.29, 0.717) is 23.7 Å². The van der Waals surface area contributed by atoms with Crippen LogP contribution in [-0.4, -0.2) is 12.0 Å². The van der Waals surface area contributed by atoms with E-state index < -0.39 is 6.10 Å². The Morgan fingerprint density at radius 3 is 2.62 bits per heavy atom. The summed E-state index contributed by atoms with van der Waals surface area (Å²) in [6.45, 7) is 2.36. The van der Waals surface area contributed by atoms with Gasteiger partial charge in [0.05, 0.1) is 0 Å². The van der Waals surface area contributed by atoms with Crippen molar-refractivity contribution in [3.63, 3.8) is 0 Å². The van der Waals surface area contributed by atoms with Crippen LogP contribution in [0, 0.1) is 0 Å². The van der Waals surface area contributed by atoms with E-state index in [2.05, 4.69) is 5.32 Å². The van der Waals surface area contributed by atoms with Gasteiger partial charge in [0.2, 0.25) is 0 Å². The zero-order valence-corrected chi connectivity index (χ0v) is 12.6. The van der Waals surface area contributed by atoms with Gasteiger partial charge in [0.15, 0.2) is 6.10 Å². The number of amides is 1. The lowest BCUT2D eigenvalue weighted by molar-refractivity contribution is -0.128. The minimum Gasteiger partial charge on any atom is -0.481 e. The number of nitrogens with one attached hydrogen (secondary N) is 1. The molecule has 0 radical (unpaired) electrons. The topological polar surface area (TPSA) is 38.3 Å². The molecule has 4 heteroatoms. The highest BCUT2D eigenvalue weighted by Crippen LogP contribution is 2.13. The van der Waals surface area contributed by atoms with E-state index in [1.165, 1.54) is 0 Å². The van der Waals surface area contributed by atoms with Crippen LogP contribution in [-0.2, 0) is 11.3 Å². The van der Waals surface area contributed by atoms with Crippen molar-refractivity contribution in [1.82, 2.24) is 5.32 Å². The monoisotopic (exact) mass is 303 g/mol. The molecule has 2 aromatic rings. The molecule has 0 aromatic heterocycles. The molecule has 0 fully saturated rings. The van der Waals surface area contributed by atoms with Gasteiger partial charge in [-0.25, -0.2) is 0 Å². The second kappa shape index (κ2) is 7.70. The van der Waals surface area contributed by atoms with Gasteiger partial charge in [-0.3, -0.25) is 4.79 Å². The van der Waals surface area contributed by atoms with Crippen LogP contribution in [0.4, 0.5) is 0 Å².